The van der Waals surface area contributed by atoms with Crippen molar-refractivity contribution in [2.75, 3.05) is 50.5 Å². The van der Waals surface area contributed by atoms with Crippen LogP contribution < -0.4 is 10.6 Å². The third-order valence-corrected chi connectivity index (χ3v) is 3.33. The summed E-state index contributed by atoms with van der Waals surface area (Å²) in [6.45, 7) is 4.40. The molecule has 0 unspecified atom stereocenters. The molecule has 0 spiro atoms. The van der Waals surface area contributed by atoms with Crippen molar-refractivity contribution in [1.82, 2.24) is 9.88 Å². The van der Waals surface area contributed by atoms with Gasteiger partial charge in [0, 0.05) is 50.7 Å². The Labute approximate surface area is 113 Å². The molecule has 1 aliphatic rings. The summed E-state index contributed by atoms with van der Waals surface area (Å²) in [5.41, 5.74) is 6.49. The van der Waals surface area contributed by atoms with E-state index in [1.807, 2.05) is 6.07 Å². The number of hydrogen-bond acceptors (Lipinski definition) is 6. The predicted molar refractivity (Wildman–Crippen MR) is 73.9 cm³/mol. The summed E-state index contributed by atoms with van der Waals surface area (Å²) < 4.78 is 4.64. The van der Waals surface area contributed by atoms with E-state index in [1.165, 1.54) is 7.11 Å². The van der Waals surface area contributed by atoms with Crippen molar-refractivity contribution in [1.29, 1.82) is 0 Å². The van der Waals surface area contributed by atoms with E-state index in [2.05, 4.69) is 19.5 Å². The van der Waals surface area contributed by atoms with Gasteiger partial charge in [0.25, 0.3) is 0 Å². The highest BCUT2D eigenvalue weighted by atomic mass is 16.5. The van der Waals surface area contributed by atoms with E-state index in [0.717, 1.165) is 44.2 Å². The van der Waals surface area contributed by atoms with E-state index in [0.29, 0.717) is 6.42 Å². The second-order valence-corrected chi connectivity index (χ2v) is 4.60. The molecule has 1 aromatic rings. The minimum atomic E-state index is -0.153. The normalized spacial score (nSPS) is 16.4. The molecule has 1 aromatic heterocycles. The second kappa shape index (κ2) is 6.38. The van der Waals surface area contributed by atoms with Crippen LogP contribution in [-0.2, 0) is 9.53 Å². The smallest absolute Gasteiger partial charge is 0.306 e. The van der Waals surface area contributed by atoms with Crippen LogP contribution in [-0.4, -0.2) is 55.7 Å². The monoisotopic (exact) mass is 264 g/mol. The van der Waals surface area contributed by atoms with Crippen LogP contribution >= 0.6 is 0 Å². The Balaban J connectivity index is 1.81. The van der Waals surface area contributed by atoms with E-state index in [-0.39, 0.29) is 5.97 Å². The number of carbonyl (C=O) groups excluding carboxylic acids is 1. The first-order valence-electron chi connectivity index (χ1n) is 6.44. The largest absolute Gasteiger partial charge is 0.469 e. The molecule has 2 rings (SSSR count). The fourth-order valence-electron chi connectivity index (χ4n) is 2.16. The molecule has 2 heterocycles. The maximum Gasteiger partial charge on any atom is 0.306 e. The molecule has 1 aliphatic heterocycles. The minimum Gasteiger partial charge on any atom is -0.469 e. The highest BCUT2D eigenvalue weighted by Gasteiger charge is 2.18. The van der Waals surface area contributed by atoms with Crippen molar-refractivity contribution in [2.24, 2.45) is 0 Å². The van der Waals surface area contributed by atoms with E-state index in [1.54, 1.807) is 12.3 Å². The van der Waals surface area contributed by atoms with Gasteiger partial charge in [0.15, 0.2) is 0 Å². The van der Waals surface area contributed by atoms with Gasteiger partial charge in [-0.15, -0.1) is 0 Å². The lowest BCUT2D eigenvalue weighted by molar-refractivity contribution is -0.141. The van der Waals surface area contributed by atoms with Crippen LogP contribution in [0.4, 0.5) is 11.5 Å². The Morgan fingerprint density at radius 2 is 2.16 bits per heavy atom. The molecule has 6 nitrogen and oxygen atoms in total. The molecular formula is C13H20N4O2. The minimum absolute atomic E-state index is 0.153. The first kappa shape index (κ1) is 13.6. The number of pyridine rings is 1. The summed E-state index contributed by atoms with van der Waals surface area (Å²) in [5.74, 6) is 0.771. The summed E-state index contributed by atoms with van der Waals surface area (Å²) in [7, 11) is 1.42. The molecule has 6 heteroatoms. The highest BCUT2D eigenvalue weighted by molar-refractivity contribution is 5.69. The van der Waals surface area contributed by atoms with Crippen LogP contribution in [0, 0.1) is 0 Å². The Morgan fingerprint density at radius 3 is 2.79 bits per heavy atom. The van der Waals surface area contributed by atoms with Gasteiger partial charge in [-0.25, -0.2) is 4.98 Å². The molecule has 0 saturated carbocycles. The number of ether oxygens (including phenoxy) is 1. The van der Waals surface area contributed by atoms with Gasteiger partial charge in [-0.1, -0.05) is 0 Å². The van der Waals surface area contributed by atoms with E-state index < -0.39 is 0 Å². The Morgan fingerprint density at radius 1 is 1.42 bits per heavy atom. The maximum absolute atomic E-state index is 11.1. The lowest BCUT2D eigenvalue weighted by Crippen LogP contribution is -2.47. The van der Waals surface area contributed by atoms with E-state index in [4.69, 9.17) is 5.73 Å². The summed E-state index contributed by atoms with van der Waals surface area (Å²) in [4.78, 5) is 19.9. The van der Waals surface area contributed by atoms with Crippen molar-refractivity contribution in [3.63, 3.8) is 0 Å². The molecule has 2 N–H and O–H groups in total. The lowest BCUT2D eigenvalue weighted by Gasteiger charge is -2.35. The number of carbonyl (C=O) groups is 1. The van der Waals surface area contributed by atoms with Crippen molar-refractivity contribution < 1.29 is 9.53 Å². The quantitative estimate of drug-likeness (QED) is 0.791. The molecule has 0 bridgehead atoms. The van der Waals surface area contributed by atoms with Crippen LogP contribution in [0.5, 0.6) is 0 Å². The first-order valence-corrected chi connectivity index (χ1v) is 6.44. The summed E-state index contributed by atoms with van der Waals surface area (Å²) in [6.07, 6.45) is 2.18. The summed E-state index contributed by atoms with van der Waals surface area (Å²) in [6, 6.07) is 3.68. The average molecular weight is 264 g/mol. The number of nitrogens with two attached hydrogens (primary N) is 1. The summed E-state index contributed by atoms with van der Waals surface area (Å²) >= 11 is 0. The fourth-order valence-corrected chi connectivity index (χ4v) is 2.16. The molecule has 0 aromatic carbocycles. The number of nitrogens with zero attached hydrogens (tertiary/aromatic N) is 3. The van der Waals surface area contributed by atoms with Crippen molar-refractivity contribution in [2.45, 2.75) is 6.42 Å². The summed E-state index contributed by atoms with van der Waals surface area (Å²) in [5, 5.41) is 0. The number of anilines is 2. The third kappa shape index (κ3) is 3.82. The molecule has 104 valence electrons. The molecular weight excluding hydrogens is 244 g/mol. The maximum atomic E-state index is 11.1. The van der Waals surface area contributed by atoms with Gasteiger partial charge in [0.2, 0.25) is 0 Å². The lowest BCUT2D eigenvalue weighted by atomic mass is 10.2. The van der Waals surface area contributed by atoms with E-state index >= 15 is 0 Å². The SMILES string of the molecule is COC(=O)CCN1CCN(c2cc(N)ccn2)CC1. The van der Waals surface area contributed by atoms with Crippen molar-refractivity contribution >= 4 is 17.5 Å². The van der Waals surface area contributed by atoms with E-state index in [9.17, 15) is 4.79 Å². The zero-order valence-electron chi connectivity index (χ0n) is 11.2. The molecule has 1 saturated heterocycles. The van der Waals surface area contributed by atoms with Gasteiger partial charge < -0.3 is 15.4 Å². The molecule has 0 atom stereocenters. The van der Waals surface area contributed by atoms with Crippen molar-refractivity contribution in [3.8, 4) is 0 Å². The van der Waals surface area contributed by atoms with Gasteiger partial charge in [0.1, 0.15) is 5.82 Å². The standard InChI is InChI=1S/C13H20N4O2/c1-19-13(18)3-5-16-6-8-17(9-7-16)12-10-11(14)2-4-15-12/h2,4,10H,3,5-9H2,1H3,(H2,14,15). The topological polar surface area (TPSA) is 71.7 Å². The van der Waals surface area contributed by atoms with Crippen LogP contribution in [0.25, 0.3) is 0 Å². The van der Waals surface area contributed by atoms with Crippen molar-refractivity contribution in [3.05, 3.63) is 18.3 Å². The Kier molecular flexibility index (Phi) is 4.57. The molecule has 0 radical (unpaired) electrons. The zero-order chi connectivity index (χ0) is 13.7. The number of aromatic nitrogens is 1. The van der Waals surface area contributed by atoms with Gasteiger partial charge in [-0.05, 0) is 6.07 Å². The number of piperazine rings is 1. The predicted octanol–water partition coefficient (Wildman–Crippen LogP) is 0.349. The Hall–Kier alpha value is -1.82. The number of esters is 1. The van der Waals surface area contributed by atoms with Crippen LogP contribution in [0.15, 0.2) is 18.3 Å². The molecule has 19 heavy (non-hydrogen) atoms. The third-order valence-electron chi connectivity index (χ3n) is 3.33. The van der Waals surface area contributed by atoms with Gasteiger partial charge in [-0.3, -0.25) is 9.69 Å². The number of hydrogen-bond donors (Lipinski definition) is 1. The van der Waals surface area contributed by atoms with Crippen LogP contribution in [0.1, 0.15) is 6.42 Å². The highest BCUT2D eigenvalue weighted by Crippen LogP contribution is 2.16. The fraction of sp³-hybridized carbons (Fsp3) is 0.538. The Bertz CT molecular complexity index is 430. The zero-order valence-corrected chi connectivity index (χ0v) is 11.2. The van der Waals surface area contributed by atoms with Crippen LogP contribution in [0.2, 0.25) is 0 Å². The van der Waals surface area contributed by atoms with Gasteiger partial charge >= 0.3 is 5.97 Å². The van der Waals surface area contributed by atoms with Gasteiger partial charge in [0.05, 0.1) is 13.5 Å². The molecule has 0 amide bonds. The average Bonchev–Trinajstić information content (AvgIpc) is 2.45. The molecule has 1 fully saturated rings. The first-order chi connectivity index (χ1) is 9.19. The van der Waals surface area contributed by atoms with Gasteiger partial charge in [-0.2, -0.15) is 0 Å². The molecule has 0 aliphatic carbocycles. The second-order valence-electron chi connectivity index (χ2n) is 4.60. The number of nitrogen functional groups attached to an aromatic ring is 1. The number of methoxy groups -OCH3 is 1. The number of rotatable bonds is 4. The van der Waals surface area contributed by atoms with Crippen LogP contribution in [0.3, 0.4) is 0 Å².